The lowest BCUT2D eigenvalue weighted by Crippen LogP contribution is -2.28. The molecule has 0 unspecified atom stereocenters. The Morgan fingerprint density at radius 2 is 1.78 bits per heavy atom. The van der Waals surface area contributed by atoms with Crippen LogP contribution >= 0.6 is 11.8 Å². The Kier molecular flexibility index (Phi) is 5.93. The highest BCUT2D eigenvalue weighted by molar-refractivity contribution is 7.99. The van der Waals surface area contributed by atoms with Gasteiger partial charge in [-0.15, -0.1) is 0 Å². The normalized spacial score (nSPS) is 11.7. The number of hydrogen-bond donors (Lipinski definition) is 2. The number of amides is 1. The van der Waals surface area contributed by atoms with Crippen LogP contribution in [-0.2, 0) is 4.79 Å². The van der Waals surface area contributed by atoms with E-state index in [4.69, 9.17) is 5.73 Å². The van der Waals surface area contributed by atoms with Gasteiger partial charge in [0.05, 0.1) is 11.8 Å². The standard InChI is InChI=1S/C20H20N4O2S/c1-14(15-8-4-2-5-9-15)22-19(26)13-27-20-23-18(25)12-17(21)24(20)16-10-6-3-7-11-16/h2-12,14H,13,21H2,1H3,(H,22,26)/t14-/m0/s1. The predicted molar refractivity (Wildman–Crippen MR) is 108 cm³/mol. The molecule has 3 N–H and O–H groups in total. The third kappa shape index (κ3) is 4.77. The molecular formula is C20H20N4O2S. The molecule has 0 aliphatic heterocycles. The second-order valence-corrected chi connectivity index (χ2v) is 6.90. The number of aromatic nitrogens is 2. The Morgan fingerprint density at radius 1 is 1.15 bits per heavy atom. The van der Waals surface area contributed by atoms with Gasteiger partial charge < -0.3 is 11.1 Å². The first-order valence-corrected chi connectivity index (χ1v) is 9.45. The van der Waals surface area contributed by atoms with Crippen molar-refractivity contribution < 1.29 is 4.79 Å². The third-order valence-corrected chi connectivity index (χ3v) is 4.89. The molecule has 1 heterocycles. The molecule has 2 aromatic carbocycles. The number of carbonyl (C=O) groups is 1. The Balaban J connectivity index is 1.74. The third-order valence-electron chi connectivity index (χ3n) is 3.95. The second-order valence-electron chi connectivity index (χ2n) is 5.96. The van der Waals surface area contributed by atoms with Gasteiger partial charge >= 0.3 is 0 Å². The van der Waals surface area contributed by atoms with Gasteiger partial charge in [0.15, 0.2) is 5.16 Å². The fourth-order valence-electron chi connectivity index (χ4n) is 2.65. The van der Waals surface area contributed by atoms with Crippen molar-refractivity contribution >= 4 is 23.5 Å². The van der Waals surface area contributed by atoms with E-state index in [2.05, 4.69) is 10.3 Å². The van der Waals surface area contributed by atoms with Gasteiger partial charge in [-0.05, 0) is 24.6 Å². The summed E-state index contributed by atoms with van der Waals surface area (Å²) in [5, 5.41) is 3.33. The summed E-state index contributed by atoms with van der Waals surface area (Å²) in [6, 6.07) is 20.3. The van der Waals surface area contributed by atoms with E-state index >= 15 is 0 Å². The van der Waals surface area contributed by atoms with Crippen LogP contribution in [-0.4, -0.2) is 21.2 Å². The summed E-state index contributed by atoms with van der Waals surface area (Å²) in [5.41, 5.74) is 7.40. The summed E-state index contributed by atoms with van der Waals surface area (Å²) >= 11 is 1.18. The summed E-state index contributed by atoms with van der Waals surface area (Å²) < 4.78 is 1.67. The van der Waals surface area contributed by atoms with Crippen LogP contribution in [0.2, 0.25) is 0 Å². The van der Waals surface area contributed by atoms with Gasteiger partial charge in [-0.25, -0.2) is 0 Å². The molecule has 1 amide bonds. The van der Waals surface area contributed by atoms with Crippen molar-refractivity contribution in [3.8, 4) is 5.69 Å². The molecule has 0 radical (unpaired) electrons. The Hall–Kier alpha value is -3.06. The molecule has 27 heavy (non-hydrogen) atoms. The molecule has 1 atom stereocenters. The van der Waals surface area contributed by atoms with E-state index in [0.717, 1.165) is 11.3 Å². The fourth-order valence-corrected chi connectivity index (χ4v) is 3.49. The van der Waals surface area contributed by atoms with E-state index in [9.17, 15) is 9.59 Å². The topological polar surface area (TPSA) is 90.0 Å². The molecule has 0 saturated heterocycles. The van der Waals surface area contributed by atoms with Crippen LogP contribution in [0, 0.1) is 0 Å². The molecule has 0 aliphatic rings. The summed E-state index contributed by atoms with van der Waals surface area (Å²) in [4.78, 5) is 28.2. The van der Waals surface area contributed by atoms with Gasteiger partial charge in [-0.2, -0.15) is 4.98 Å². The highest BCUT2D eigenvalue weighted by atomic mass is 32.2. The number of anilines is 1. The number of para-hydroxylation sites is 1. The predicted octanol–water partition coefficient (Wildman–Crippen LogP) is 2.78. The van der Waals surface area contributed by atoms with Crippen molar-refractivity contribution in [2.75, 3.05) is 11.5 Å². The first-order valence-electron chi connectivity index (χ1n) is 8.46. The maximum absolute atomic E-state index is 12.3. The Morgan fingerprint density at radius 3 is 2.44 bits per heavy atom. The lowest BCUT2D eigenvalue weighted by Gasteiger charge is -2.16. The maximum Gasteiger partial charge on any atom is 0.275 e. The van der Waals surface area contributed by atoms with Crippen molar-refractivity contribution in [2.24, 2.45) is 0 Å². The molecule has 3 rings (SSSR count). The summed E-state index contributed by atoms with van der Waals surface area (Å²) in [7, 11) is 0. The van der Waals surface area contributed by atoms with E-state index in [0.29, 0.717) is 5.16 Å². The minimum Gasteiger partial charge on any atom is -0.385 e. The quantitative estimate of drug-likeness (QED) is 0.507. The van der Waals surface area contributed by atoms with E-state index in [1.165, 1.54) is 17.8 Å². The van der Waals surface area contributed by atoms with Gasteiger partial charge in [-0.3, -0.25) is 14.2 Å². The number of nitrogen functional groups attached to an aromatic ring is 1. The highest BCUT2D eigenvalue weighted by Gasteiger charge is 2.14. The first-order chi connectivity index (χ1) is 13.0. The van der Waals surface area contributed by atoms with E-state index in [-0.39, 0.29) is 23.5 Å². The zero-order chi connectivity index (χ0) is 19.2. The minimum atomic E-state index is -0.430. The molecule has 3 aromatic rings. The average molecular weight is 380 g/mol. The number of nitrogens with two attached hydrogens (primary N) is 1. The smallest absolute Gasteiger partial charge is 0.275 e. The van der Waals surface area contributed by atoms with Crippen LogP contribution in [0.4, 0.5) is 5.82 Å². The zero-order valence-electron chi connectivity index (χ0n) is 14.8. The number of nitrogens with one attached hydrogen (secondary N) is 1. The van der Waals surface area contributed by atoms with Crippen LogP contribution in [0.15, 0.2) is 76.7 Å². The second kappa shape index (κ2) is 8.55. The van der Waals surface area contributed by atoms with Crippen molar-refractivity contribution in [3.63, 3.8) is 0 Å². The lowest BCUT2D eigenvalue weighted by atomic mass is 10.1. The SMILES string of the molecule is C[C@H](NC(=O)CSc1nc(=O)cc(N)n1-c1ccccc1)c1ccccc1. The molecule has 138 valence electrons. The van der Waals surface area contributed by atoms with Crippen LogP contribution in [0.3, 0.4) is 0 Å². The summed E-state index contributed by atoms with van der Waals surface area (Å²) in [5.74, 6) is 0.259. The molecule has 0 bridgehead atoms. The number of benzene rings is 2. The molecule has 0 saturated carbocycles. The van der Waals surface area contributed by atoms with Crippen molar-refractivity contribution in [1.29, 1.82) is 0 Å². The zero-order valence-corrected chi connectivity index (χ0v) is 15.6. The molecule has 7 heteroatoms. The molecule has 0 aliphatic carbocycles. The number of nitrogens with zero attached hydrogens (tertiary/aromatic N) is 2. The van der Waals surface area contributed by atoms with Gasteiger partial charge in [0.1, 0.15) is 5.82 Å². The van der Waals surface area contributed by atoms with Crippen LogP contribution in [0.1, 0.15) is 18.5 Å². The van der Waals surface area contributed by atoms with Crippen molar-refractivity contribution in [3.05, 3.63) is 82.6 Å². The number of hydrogen-bond acceptors (Lipinski definition) is 5. The van der Waals surface area contributed by atoms with Crippen LogP contribution in [0.25, 0.3) is 5.69 Å². The molecule has 6 nitrogen and oxygen atoms in total. The van der Waals surface area contributed by atoms with Gasteiger partial charge in [0.25, 0.3) is 5.56 Å². The molecular weight excluding hydrogens is 360 g/mol. The van der Waals surface area contributed by atoms with E-state index in [1.54, 1.807) is 4.57 Å². The number of carbonyl (C=O) groups excluding carboxylic acids is 1. The largest absolute Gasteiger partial charge is 0.385 e. The average Bonchev–Trinajstić information content (AvgIpc) is 2.67. The summed E-state index contributed by atoms with van der Waals surface area (Å²) in [6.45, 7) is 1.93. The molecule has 0 spiro atoms. The van der Waals surface area contributed by atoms with Crippen molar-refractivity contribution in [1.82, 2.24) is 14.9 Å². The molecule has 0 fully saturated rings. The van der Waals surface area contributed by atoms with E-state index < -0.39 is 5.56 Å². The highest BCUT2D eigenvalue weighted by Crippen LogP contribution is 2.22. The lowest BCUT2D eigenvalue weighted by molar-refractivity contribution is -0.119. The minimum absolute atomic E-state index is 0.107. The van der Waals surface area contributed by atoms with Crippen LogP contribution < -0.4 is 16.6 Å². The number of rotatable bonds is 6. The van der Waals surface area contributed by atoms with Gasteiger partial charge in [0.2, 0.25) is 5.91 Å². The van der Waals surface area contributed by atoms with Gasteiger partial charge in [0, 0.05) is 11.8 Å². The fraction of sp³-hybridized carbons (Fsp3) is 0.150. The number of thioether (sulfide) groups is 1. The van der Waals surface area contributed by atoms with E-state index in [1.807, 2.05) is 67.6 Å². The maximum atomic E-state index is 12.3. The molecule has 1 aromatic heterocycles. The Labute approximate surface area is 161 Å². The van der Waals surface area contributed by atoms with Crippen molar-refractivity contribution in [2.45, 2.75) is 18.1 Å². The monoisotopic (exact) mass is 380 g/mol. The van der Waals surface area contributed by atoms with Crippen LogP contribution in [0.5, 0.6) is 0 Å². The van der Waals surface area contributed by atoms with Gasteiger partial charge in [-0.1, -0.05) is 60.3 Å². The first kappa shape index (κ1) is 18.7. The Bertz CT molecular complexity index is 974. The summed E-state index contributed by atoms with van der Waals surface area (Å²) in [6.07, 6.45) is 0.